The molecule has 0 fully saturated rings. The van der Waals surface area contributed by atoms with Crippen molar-refractivity contribution in [2.24, 2.45) is 11.3 Å². The first kappa shape index (κ1) is 18.7. The highest BCUT2D eigenvalue weighted by atomic mass is 16.7. The number of carbonyl (C=O) groups excluding carboxylic acids is 2. The molecule has 0 aromatic heterocycles. The predicted molar refractivity (Wildman–Crippen MR) is 76.4 cm³/mol. The Morgan fingerprint density at radius 1 is 1.05 bits per heavy atom. The van der Waals surface area contributed by atoms with Crippen molar-refractivity contribution in [3.8, 4) is 0 Å². The molecule has 0 saturated carbocycles. The second-order valence-electron chi connectivity index (χ2n) is 5.41. The van der Waals surface area contributed by atoms with Crippen LogP contribution >= 0.6 is 0 Å². The van der Waals surface area contributed by atoms with E-state index >= 15 is 0 Å². The largest absolute Gasteiger partial charge is 0.508 e. The van der Waals surface area contributed by atoms with Crippen LogP contribution in [0.1, 0.15) is 54.4 Å². The predicted octanol–water partition coefficient (Wildman–Crippen LogP) is 3.55. The molecule has 0 aromatic rings. The van der Waals surface area contributed by atoms with Gasteiger partial charge < -0.3 is 14.2 Å². The zero-order valence-corrected chi connectivity index (χ0v) is 13.5. The van der Waals surface area contributed by atoms with Gasteiger partial charge in [-0.05, 0) is 39.5 Å². The lowest BCUT2D eigenvalue weighted by Gasteiger charge is -2.34. The fraction of sp³-hybridized carbons (Fsp3) is 0.867. The molecule has 5 nitrogen and oxygen atoms in total. The quantitative estimate of drug-likeness (QED) is 0.639. The van der Waals surface area contributed by atoms with Crippen LogP contribution in [0.2, 0.25) is 0 Å². The third-order valence-corrected chi connectivity index (χ3v) is 3.37. The molecule has 0 spiro atoms. The first-order valence-electron chi connectivity index (χ1n) is 7.32. The van der Waals surface area contributed by atoms with Gasteiger partial charge in [-0.1, -0.05) is 20.8 Å². The van der Waals surface area contributed by atoms with Gasteiger partial charge in [0.1, 0.15) is 11.5 Å². The zero-order valence-electron chi connectivity index (χ0n) is 13.5. The molecule has 0 saturated heterocycles. The molecule has 0 bridgehead atoms. The van der Waals surface area contributed by atoms with E-state index in [4.69, 9.17) is 14.2 Å². The van der Waals surface area contributed by atoms with E-state index in [1.807, 2.05) is 20.8 Å². The summed E-state index contributed by atoms with van der Waals surface area (Å²) in [6.07, 6.45) is -0.169. The highest BCUT2D eigenvalue weighted by molar-refractivity contribution is 5.77. The molecule has 0 rings (SSSR count). The van der Waals surface area contributed by atoms with Gasteiger partial charge in [-0.25, -0.2) is 4.79 Å². The Bertz CT molecular complexity index is 313. The summed E-state index contributed by atoms with van der Waals surface area (Å²) < 4.78 is 15.3. The Labute approximate surface area is 122 Å². The van der Waals surface area contributed by atoms with Gasteiger partial charge in [-0.3, -0.25) is 4.79 Å². The number of esters is 1. The smallest absolute Gasteiger partial charge is 0.465 e. The van der Waals surface area contributed by atoms with Gasteiger partial charge in [0.15, 0.2) is 0 Å². The van der Waals surface area contributed by atoms with Crippen molar-refractivity contribution in [1.29, 1.82) is 0 Å². The molecule has 2 atom stereocenters. The fourth-order valence-corrected chi connectivity index (χ4v) is 1.93. The van der Waals surface area contributed by atoms with E-state index < -0.39 is 17.7 Å². The standard InChI is InChI=1S/C15H28O5/c1-7-15(6,13(16)18-8-2)12(10-11(4)5)20-14(17)19-9-3/h11-12H,7-10H2,1-6H3. The Kier molecular flexibility index (Phi) is 8.26. The van der Waals surface area contributed by atoms with Crippen molar-refractivity contribution in [3.05, 3.63) is 0 Å². The summed E-state index contributed by atoms with van der Waals surface area (Å²) in [5.41, 5.74) is -0.854. The van der Waals surface area contributed by atoms with Crippen LogP contribution in [0.3, 0.4) is 0 Å². The molecule has 0 N–H and O–H groups in total. The minimum absolute atomic E-state index is 0.246. The van der Waals surface area contributed by atoms with Crippen molar-refractivity contribution in [2.75, 3.05) is 13.2 Å². The van der Waals surface area contributed by atoms with Gasteiger partial charge >= 0.3 is 12.1 Å². The van der Waals surface area contributed by atoms with Crippen molar-refractivity contribution < 1.29 is 23.8 Å². The van der Waals surface area contributed by atoms with Gasteiger partial charge in [-0.15, -0.1) is 0 Å². The van der Waals surface area contributed by atoms with Crippen LogP contribution in [0.25, 0.3) is 0 Å². The molecule has 0 aliphatic carbocycles. The maximum absolute atomic E-state index is 12.2. The van der Waals surface area contributed by atoms with E-state index in [0.29, 0.717) is 19.4 Å². The van der Waals surface area contributed by atoms with Crippen LogP contribution in [-0.4, -0.2) is 31.4 Å². The summed E-state index contributed by atoms with van der Waals surface area (Å²) >= 11 is 0. The molecule has 20 heavy (non-hydrogen) atoms. The summed E-state index contributed by atoms with van der Waals surface area (Å²) in [5.74, 6) is -0.0489. The first-order chi connectivity index (χ1) is 9.31. The van der Waals surface area contributed by atoms with E-state index in [1.165, 1.54) is 0 Å². The highest BCUT2D eigenvalue weighted by Crippen LogP contribution is 2.34. The van der Waals surface area contributed by atoms with Crippen molar-refractivity contribution in [1.82, 2.24) is 0 Å². The molecule has 2 unspecified atom stereocenters. The summed E-state index contributed by atoms with van der Waals surface area (Å²) in [5, 5.41) is 0. The Morgan fingerprint density at radius 2 is 1.60 bits per heavy atom. The van der Waals surface area contributed by atoms with Crippen molar-refractivity contribution in [2.45, 2.75) is 60.5 Å². The maximum Gasteiger partial charge on any atom is 0.508 e. The molecule has 0 amide bonds. The van der Waals surface area contributed by atoms with Crippen LogP contribution in [0.4, 0.5) is 4.79 Å². The maximum atomic E-state index is 12.2. The lowest BCUT2D eigenvalue weighted by Crippen LogP contribution is -2.44. The Balaban J connectivity index is 5.12. The van der Waals surface area contributed by atoms with Gasteiger partial charge in [0.25, 0.3) is 0 Å². The van der Waals surface area contributed by atoms with E-state index in [9.17, 15) is 9.59 Å². The second kappa shape index (κ2) is 8.82. The summed E-state index contributed by atoms with van der Waals surface area (Å²) in [6, 6.07) is 0. The van der Waals surface area contributed by atoms with Gasteiger partial charge in [0, 0.05) is 0 Å². The monoisotopic (exact) mass is 288 g/mol. The molecule has 0 aliphatic rings. The lowest BCUT2D eigenvalue weighted by atomic mass is 9.78. The van der Waals surface area contributed by atoms with Gasteiger partial charge in [0.05, 0.1) is 13.2 Å². The second-order valence-corrected chi connectivity index (χ2v) is 5.41. The van der Waals surface area contributed by atoms with Crippen LogP contribution in [0.5, 0.6) is 0 Å². The first-order valence-corrected chi connectivity index (χ1v) is 7.32. The molecule has 118 valence electrons. The van der Waals surface area contributed by atoms with Crippen LogP contribution in [-0.2, 0) is 19.0 Å². The van der Waals surface area contributed by atoms with E-state index in [2.05, 4.69) is 0 Å². The third kappa shape index (κ3) is 5.39. The lowest BCUT2D eigenvalue weighted by molar-refractivity contribution is -0.163. The molecular weight excluding hydrogens is 260 g/mol. The average Bonchev–Trinajstić information content (AvgIpc) is 2.37. The fourth-order valence-electron chi connectivity index (χ4n) is 1.93. The topological polar surface area (TPSA) is 61.8 Å². The minimum atomic E-state index is -0.854. The highest BCUT2D eigenvalue weighted by Gasteiger charge is 2.44. The molecule has 0 aromatic carbocycles. The SMILES string of the molecule is CCOC(=O)OC(CC(C)C)C(C)(CC)C(=O)OCC. The van der Waals surface area contributed by atoms with Crippen LogP contribution in [0, 0.1) is 11.3 Å². The molecule has 5 heteroatoms. The molecular formula is C15H28O5. The molecule has 0 heterocycles. The Hall–Kier alpha value is -1.26. The number of hydrogen-bond acceptors (Lipinski definition) is 5. The summed E-state index contributed by atoms with van der Waals surface area (Å²) in [6.45, 7) is 11.7. The van der Waals surface area contributed by atoms with Crippen LogP contribution < -0.4 is 0 Å². The molecule has 0 radical (unpaired) electrons. The summed E-state index contributed by atoms with van der Waals surface area (Å²) in [7, 11) is 0. The van der Waals surface area contributed by atoms with Crippen molar-refractivity contribution in [3.63, 3.8) is 0 Å². The number of rotatable bonds is 8. The summed E-state index contributed by atoms with van der Waals surface area (Å²) in [4.78, 5) is 23.8. The normalized spacial score (nSPS) is 15.3. The minimum Gasteiger partial charge on any atom is -0.465 e. The van der Waals surface area contributed by atoms with E-state index in [0.717, 1.165) is 0 Å². The molecule has 0 aliphatic heterocycles. The third-order valence-electron chi connectivity index (χ3n) is 3.37. The number of hydrogen-bond donors (Lipinski definition) is 0. The van der Waals surface area contributed by atoms with E-state index in [-0.39, 0.29) is 18.5 Å². The zero-order chi connectivity index (χ0) is 15.8. The van der Waals surface area contributed by atoms with E-state index in [1.54, 1.807) is 20.8 Å². The number of ether oxygens (including phenoxy) is 3. The van der Waals surface area contributed by atoms with Crippen molar-refractivity contribution >= 4 is 12.1 Å². The number of carbonyl (C=O) groups is 2. The van der Waals surface area contributed by atoms with Crippen LogP contribution in [0.15, 0.2) is 0 Å². The average molecular weight is 288 g/mol. The van der Waals surface area contributed by atoms with Gasteiger partial charge in [-0.2, -0.15) is 0 Å². The Morgan fingerprint density at radius 3 is 2.00 bits per heavy atom. The van der Waals surface area contributed by atoms with Gasteiger partial charge in [0.2, 0.25) is 0 Å².